The third-order valence-electron chi connectivity index (χ3n) is 0.474. The van der Waals surface area contributed by atoms with E-state index in [-0.39, 0.29) is 7.43 Å². The first-order chi connectivity index (χ1) is 2.94. The van der Waals surface area contributed by atoms with Gasteiger partial charge in [-0.25, -0.2) is 0 Å². The SMILES string of the molecule is C.CC(O)C(F)(F)F. The molecule has 0 fully saturated rings. The molecule has 0 bridgehead atoms. The summed E-state index contributed by atoms with van der Waals surface area (Å²) < 4.78 is 32.8. The molecular weight excluding hydrogens is 121 g/mol. The van der Waals surface area contributed by atoms with Crippen LogP contribution in [0.15, 0.2) is 0 Å². The second-order valence-electron chi connectivity index (χ2n) is 1.22. The average Bonchev–Trinajstić information content (AvgIpc) is 1.31. The van der Waals surface area contributed by atoms with Crippen molar-refractivity contribution in [1.29, 1.82) is 0 Å². The number of rotatable bonds is 0. The van der Waals surface area contributed by atoms with Gasteiger partial charge in [-0.05, 0) is 6.92 Å². The Morgan fingerprint density at radius 3 is 1.50 bits per heavy atom. The number of hydrogen-bond acceptors (Lipinski definition) is 1. The largest absolute Gasteiger partial charge is 0.414 e. The number of hydrogen-bond donors (Lipinski definition) is 1. The molecule has 8 heavy (non-hydrogen) atoms. The fraction of sp³-hybridized carbons (Fsp3) is 1.00. The van der Waals surface area contributed by atoms with E-state index in [4.69, 9.17) is 5.11 Å². The standard InChI is InChI=1S/C3H5F3O.CH4/c1-2(7)3(4,5)6;/h2,7H,1H3;1H4. The molecule has 1 nitrogen and oxygen atoms in total. The minimum atomic E-state index is -4.44. The lowest BCUT2D eigenvalue weighted by Gasteiger charge is -2.06. The molecule has 1 N–H and O–H groups in total. The molecule has 52 valence electrons. The average molecular weight is 130 g/mol. The van der Waals surface area contributed by atoms with Gasteiger partial charge in [0.05, 0.1) is 0 Å². The Bertz CT molecular complexity index is 56.8. The molecule has 0 aliphatic rings. The van der Waals surface area contributed by atoms with Gasteiger partial charge in [-0.1, -0.05) is 7.43 Å². The molecule has 1 unspecified atom stereocenters. The fourth-order valence-electron chi connectivity index (χ4n) is 0. The van der Waals surface area contributed by atoms with E-state index in [0.29, 0.717) is 6.92 Å². The van der Waals surface area contributed by atoms with E-state index >= 15 is 0 Å². The number of aliphatic hydroxyl groups is 1. The van der Waals surface area contributed by atoms with Gasteiger partial charge in [0.25, 0.3) is 0 Å². The Morgan fingerprint density at radius 2 is 1.50 bits per heavy atom. The van der Waals surface area contributed by atoms with E-state index in [2.05, 4.69) is 0 Å². The third kappa shape index (κ3) is 3.92. The Hall–Kier alpha value is -0.250. The molecule has 0 aromatic carbocycles. The van der Waals surface area contributed by atoms with Crippen molar-refractivity contribution in [2.24, 2.45) is 0 Å². The van der Waals surface area contributed by atoms with E-state index in [1.165, 1.54) is 0 Å². The van der Waals surface area contributed by atoms with Crippen LogP contribution in [-0.2, 0) is 0 Å². The predicted octanol–water partition coefficient (Wildman–Crippen LogP) is 1.57. The molecule has 0 heterocycles. The smallest absolute Gasteiger partial charge is 0.384 e. The quantitative estimate of drug-likeness (QED) is 0.527. The van der Waals surface area contributed by atoms with Crippen LogP contribution in [-0.4, -0.2) is 17.4 Å². The van der Waals surface area contributed by atoms with Crippen molar-refractivity contribution in [3.8, 4) is 0 Å². The summed E-state index contributed by atoms with van der Waals surface area (Å²) in [6.07, 6.45) is -6.65. The van der Waals surface area contributed by atoms with Crippen molar-refractivity contribution < 1.29 is 18.3 Å². The van der Waals surface area contributed by atoms with E-state index in [0.717, 1.165) is 0 Å². The lowest BCUT2D eigenvalue weighted by atomic mass is 10.4. The molecule has 0 aliphatic carbocycles. The first-order valence-corrected chi connectivity index (χ1v) is 1.69. The molecule has 0 radical (unpaired) electrons. The van der Waals surface area contributed by atoms with Crippen LogP contribution in [0.1, 0.15) is 14.4 Å². The van der Waals surface area contributed by atoms with Crippen molar-refractivity contribution in [2.45, 2.75) is 26.6 Å². The van der Waals surface area contributed by atoms with Gasteiger partial charge in [-0.2, -0.15) is 13.2 Å². The molecule has 0 aromatic heterocycles. The number of alkyl halides is 3. The van der Waals surface area contributed by atoms with Crippen molar-refractivity contribution in [2.75, 3.05) is 0 Å². The fourth-order valence-corrected chi connectivity index (χ4v) is 0. The Balaban J connectivity index is 0. The van der Waals surface area contributed by atoms with Crippen LogP contribution in [0.2, 0.25) is 0 Å². The van der Waals surface area contributed by atoms with Gasteiger partial charge >= 0.3 is 6.18 Å². The van der Waals surface area contributed by atoms with Gasteiger partial charge in [-0.15, -0.1) is 0 Å². The number of aliphatic hydroxyl groups excluding tert-OH is 1. The van der Waals surface area contributed by atoms with Crippen LogP contribution in [0.3, 0.4) is 0 Å². The minimum absolute atomic E-state index is 0. The van der Waals surface area contributed by atoms with Gasteiger partial charge in [0.1, 0.15) is 6.10 Å². The maximum absolute atomic E-state index is 10.9. The van der Waals surface area contributed by atoms with Crippen LogP contribution in [0, 0.1) is 0 Å². The summed E-state index contributed by atoms with van der Waals surface area (Å²) in [6, 6.07) is 0. The van der Waals surface area contributed by atoms with Crippen LogP contribution in [0.4, 0.5) is 13.2 Å². The minimum Gasteiger partial charge on any atom is -0.384 e. The summed E-state index contributed by atoms with van der Waals surface area (Å²) in [5.74, 6) is 0. The Labute approximate surface area is 46.1 Å². The second-order valence-corrected chi connectivity index (χ2v) is 1.22. The maximum atomic E-state index is 10.9. The third-order valence-corrected chi connectivity index (χ3v) is 0.474. The molecule has 0 saturated carbocycles. The molecule has 0 amide bonds. The van der Waals surface area contributed by atoms with Crippen LogP contribution < -0.4 is 0 Å². The molecule has 4 heteroatoms. The molecular formula is C4H9F3O. The van der Waals surface area contributed by atoms with Crippen molar-refractivity contribution in [3.63, 3.8) is 0 Å². The zero-order chi connectivity index (χ0) is 6.08. The summed E-state index contributed by atoms with van der Waals surface area (Å²) in [5, 5.41) is 7.76. The Kier molecular flexibility index (Phi) is 3.89. The first kappa shape index (κ1) is 10.7. The van der Waals surface area contributed by atoms with Gasteiger partial charge in [0, 0.05) is 0 Å². The molecule has 0 aliphatic heterocycles. The van der Waals surface area contributed by atoms with E-state index in [1.807, 2.05) is 0 Å². The monoisotopic (exact) mass is 130 g/mol. The summed E-state index contributed by atoms with van der Waals surface area (Å²) in [4.78, 5) is 0. The normalized spacial score (nSPS) is 14.6. The Morgan fingerprint density at radius 1 is 1.38 bits per heavy atom. The molecule has 0 aromatic rings. The van der Waals surface area contributed by atoms with Gasteiger partial charge in [0.2, 0.25) is 0 Å². The van der Waals surface area contributed by atoms with E-state index in [1.54, 1.807) is 0 Å². The predicted molar refractivity (Wildman–Crippen MR) is 24.5 cm³/mol. The van der Waals surface area contributed by atoms with Crippen LogP contribution in [0.25, 0.3) is 0 Å². The summed E-state index contributed by atoms with van der Waals surface area (Å²) in [7, 11) is 0. The highest BCUT2D eigenvalue weighted by Gasteiger charge is 2.33. The molecule has 0 rings (SSSR count). The highest BCUT2D eigenvalue weighted by atomic mass is 19.4. The van der Waals surface area contributed by atoms with E-state index in [9.17, 15) is 13.2 Å². The summed E-state index contributed by atoms with van der Waals surface area (Å²) >= 11 is 0. The van der Waals surface area contributed by atoms with Crippen molar-refractivity contribution in [3.05, 3.63) is 0 Å². The maximum Gasteiger partial charge on any atom is 0.414 e. The zero-order valence-electron chi connectivity index (χ0n) is 3.66. The molecule has 0 saturated heterocycles. The van der Waals surface area contributed by atoms with Gasteiger partial charge in [0.15, 0.2) is 0 Å². The molecule has 0 spiro atoms. The zero-order valence-corrected chi connectivity index (χ0v) is 3.66. The van der Waals surface area contributed by atoms with Crippen LogP contribution in [0.5, 0.6) is 0 Å². The molecule has 1 atom stereocenters. The second kappa shape index (κ2) is 2.91. The lowest BCUT2D eigenvalue weighted by Crippen LogP contribution is -2.24. The highest BCUT2D eigenvalue weighted by Crippen LogP contribution is 2.18. The highest BCUT2D eigenvalue weighted by molar-refractivity contribution is 4.55. The first-order valence-electron chi connectivity index (χ1n) is 1.69. The van der Waals surface area contributed by atoms with Gasteiger partial charge < -0.3 is 5.11 Å². The number of halogens is 3. The topological polar surface area (TPSA) is 20.2 Å². The summed E-state index contributed by atoms with van der Waals surface area (Å²) in [6.45, 7) is 0.681. The lowest BCUT2D eigenvalue weighted by molar-refractivity contribution is -0.197. The van der Waals surface area contributed by atoms with Crippen LogP contribution >= 0.6 is 0 Å². The van der Waals surface area contributed by atoms with Crippen molar-refractivity contribution in [1.82, 2.24) is 0 Å². The van der Waals surface area contributed by atoms with Gasteiger partial charge in [-0.3, -0.25) is 0 Å². The summed E-state index contributed by atoms with van der Waals surface area (Å²) in [5.41, 5.74) is 0. The van der Waals surface area contributed by atoms with Crippen molar-refractivity contribution >= 4 is 0 Å². The van der Waals surface area contributed by atoms with E-state index < -0.39 is 12.3 Å².